The summed E-state index contributed by atoms with van der Waals surface area (Å²) in [7, 11) is 0. The van der Waals surface area contributed by atoms with E-state index in [9.17, 15) is 31.5 Å². The topological polar surface area (TPSA) is 64.6 Å². The molecule has 0 radical (unpaired) electrons. The Morgan fingerprint density at radius 1 is 0.933 bits per heavy atom. The standard InChI is InChI=1S/C20H18F5NO4/c1-3-10(2)17(26-20(28)29-9-11-7-5-4-6-8-11)19(27)30-18-15(24)13(22)12(21)14(23)16(18)25/h4-8,10,17H,3,9H2,1-2H3,(H,26,28)/t10-,17+/m1/s1. The van der Waals surface area contributed by atoms with Crippen LogP contribution in [0.1, 0.15) is 25.8 Å². The molecule has 0 heterocycles. The number of carbonyl (C=O) groups is 2. The molecule has 5 nitrogen and oxygen atoms in total. The molecule has 0 aromatic heterocycles. The number of rotatable bonds is 7. The van der Waals surface area contributed by atoms with Gasteiger partial charge >= 0.3 is 12.1 Å². The van der Waals surface area contributed by atoms with Crippen LogP contribution in [0, 0.1) is 35.0 Å². The third kappa shape index (κ3) is 5.25. The molecule has 0 fully saturated rings. The number of esters is 1. The van der Waals surface area contributed by atoms with E-state index in [0.29, 0.717) is 12.0 Å². The summed E-state index contributed by atoms with van der Waals surface area (Å²) in [4.78, 5) is 24.4. The highest BCUT2D eigenvalue weighted by atomic mass is 19.2. The molecular weight excluding hydrogens is 413 g/mol. The predicted molar refractivity (Wildman–Crippen MR) is 94.9 cm³/mol. The summed E-state index contributed by atoms with van der Waals surface area (Å²) in [5, 5.41) is 2.20. The summed E-state index contributed by atoms with van der Waals surface area (Å²) >= 11 is 0. The van der Waals surface area contributed by atoms with E-state index in [2.05, 4.69) is 10.1 Å². The van der Waals surface area contributed by atoms with E-state index in [1.54, 1.807) is 37.3 Å². The number of nitrogens with one attached hydrogen (secondary N) is 1. The molecule has 0 saturated heterocycles. The van der Waals surface area contributed by atoms with E-state index in [0.717, 1.165) is 0 Å². The summed E-state index contributed by atoms with van der Waals surface area (Å²) < 4.78 is 76.7. The van der Waals surface area contributed by atoms with E-state index in [1.807, 2.05) is 0 Å². The first-order chi connectivity index (χ1) is 14.2. The van der Waals surface area contributed by atoms with Gasteiger partial charge in [-0.05, 0) is 11.5 Å². The van der Waals surface area contributed by atoms with Gasteiger partial charge in [0.25, 0.3) is 0 Å². The van der Waals surface area contributed by atoms with Gasteiger partial charge in [-0.2, -0.15) is 8.78 Å². The van der Waals surface area contributed by atoms with Crippen molar-refractivity contribution in [2.75, 3.05) is 0 Å². The lowest BCUT2D eigenvalue weighted by Gasteiger charge is -2.22. The van der Waals surface area contributed by atoms with E-state index in [1.165, 1.54) is 6.92 Å². The van der Waals surface area contributed by atoms with E-state index >= 15 is 0 Å². The van der Waals surface area contributed by atoms with Gasteiger partial charge in [0.2, 0.25) is 34.8 Å². The average molecular weight is 431 g/mol. The van der Waals surface area contributed by atoms with Gasteiger partial charge in [-0.1, -0.05) is 50.6 Å². The first-order valence-corrected chi connectivity index (χ1v) is 8.87. The Morgan fingerprint density at radius 2 is 1.47 bits per heavy atom. The summed E-state index contributed by atoms with van der Waals surface area (Å²) in [6.45, 7) is 3.05. The Bertz CT molecular complexity index is 894. The predicted octanol–water partition coefficient (Wildman–Crippen LogP) is 4.63. The number of halogens is 5. The molecule has 1 amide bonds. The number of amides is 1. The Labute approximate surface area is 168 Å². The smallest absolute Gasteiger partial charge is 0.408 e. The lowest BCUT2D eigenvalue weighted by atomic mass is 9.99. The Kier molecular flexibility index (Phi) is 7.73. The van der Waals surface area contributed by atoms with Crippen molar-refractivity contribution in [1.82, 2.24) is 5.32 Å². The third-order valence-corrected chi connectivity index (χ3v) is 4.33. The molecule has 2 rings (SSSR count). The van der Waals surface area contributed by atoms with Crippen LogP contribution in [0.4, 0.5) is 26.7 Å². The van der Waals surface area contributed by atoms with Crippen LogP contribution in [-0.2, 0) is 16.1 Å². The molecule has 1 N–H and O–H groups in total. The first-order valence-electron chi connectivity index (χ1n) is 8.87. The van der Waals surface area contributed by atoms with Crippen LogP contribution in [0.3, 0.4) is 0 Å². The highest BCUT2D eigenvalue weighted by molar-refractivity contribution is 5.83. The number of alkyl carbamates (subject to hydrolysis) is 1. The molecule has 162 valence electrons. The maximum Gasteiger partial charge on any atom is 0.408 e. The zero-order valence-electron chi connectivity index (χ0n) is 16.0. The molecule has 0 aliphatic carbocycles. The Morgan fingerprint density at radius 3 is 2.00 bits per heavy atom. The molecule has 0 unspecified atom stereocenters. The maximum atomic E-state index is 13.8. The van der Waals surface area contributed by atoms with Crippen LogP contribution >= 0.6 is 0 Å². The van der Waals surface area contributed by atoms with Crippen LogP contribution in [0.15, 0.2) is 30.3 Å². The van der Waals surface area contributed by atoms with Gasteiger partial charge in [0, 0.05) is 0 Å². The van der Waals surface area contributed by atoms with Crippen LogP contribution in [0.25, 0.3) is 0 Å². The normalized spacial score (nSPS) is 12.8. The van der Waals surface area contributed by atoms with Crippen molar-refractivity contribution in [3.05, 3.63) is 65.0 Å². The number of benzene rings is 2. The fourth-order valence-electron chi connectivity index (χ4n) is 2.40. The minimum absolute atomic E-state index is 0.118. The highest BCUT2D eigenvalue weighted by Gasteiger charge is 2.33. The molecule has 0 saturated carbocycles. The number of hydrogen-bond donors (Lipinski definition) is 1. The van der Waals surface area contributed by atoms with Gasteiger partial charge in [-0.25, -0.2) is 22.8 Å². The van der Waals surface area contributed by atoms with Gasteiger partial charge in [-0.3, -0.25) is 0 Å². The van der Waals surface area contributed by atoms with Gasteiger partial charge in [-0.15, -0.1) is 0 Å². The monoisotopic (exact) mass is 431 g/mol. The second-order valence-electron chi connectivity index (χ2n) is 6.39. The van der Waals surface area contributed by atoms with Crippen molar-refractivity contribution in [3.63, 3.8) is 0 Å². The molecule has 2 atom stereocenters. The SMILES string of the molecule is CC[C@@H](C)[C@H](NC(=O)OCc1ccccc1)C(=O)Oc1c(F)c(F)c(F)c(F)c1F. The van der Waals surface area contributed by atoms with Gasteiger partial charge in [0.1, 0.15) is 12.6 Å². The summed E-state index contributed by atoms with van der Waals surface area (Å²) in [6, 6.07) is 7.12. The van der Waals surface area contributed by atoms with Crippen LogP contribution in [0.5, 0.6) is 5.75 Å². The van der Waals surface area contributed by atoms with Crippen molar-refractivity contribution in [2.45, 2.75) is 32.9 Å². The van der Waals surface area contributed by atoms with Crippen LogP contribution in [0.2, 0.25) is 0 Å². The zero-order chi connectivity index (χ0) is 22.4. The molecule has 0 spiro atoms. The maximum absolute atomic E-state index is 13.8. The third-order valence-electron chi connectivity index (χ3n) is 4.33. The lowest BCUT2D eigenvalue weighted by molar-refractivity contribution is -0.138. The minimum atomic E-state index is -2.38. The molecular formula is C20H18F5NO4. The average Bonchev–Trinajstić information content (AvgIpc) is 2.76. The molecule has 0 aliphatic heterocycles. The quantitative estimate of drug-likeness (QED) is 0.228. The van der Waals surface area contributed by atoms with Crippen LogP contribution in [-0.4, -0.2) is 18.1 Å². The first kappa shape index (κ1) is 23.1. The molecule has 2 aromatic rings. The Balaban J connectivity index is 2.15. The fraction of sp³-hybridized carbons (Fsp3) is 0.300. The van der Waals surface area contributed by atoms with Crippen molar-refractivity contribution in [3.8, 4) is 5.75 Å². The largest absolute Gasteiger partial charge is 0.445 e. The van der Waals surface area contributed by atoms with Gasteiger partial charge < -0.3 is 14.8 Å². The molecule has 10 heteroatoms. The van der Waals surface area contributed by atoms with Crippen LogP contribution < -0.4 is 10.1 Å². The minimum Gasteiger partial charge on any atom is -0.445 e. The second-order valence-corrected chi connectivity index (χ2v) is 6.39. The van der Waals surface area contributed by atoms with Gasteiger partial charge in [0.15, 0.2) is 0 Å². The number of ether oxygens (including phenoxy) is 2. The van der Waals surface area contributed by atoms with Gasteiger partial charge in [0.05, 0.1) is 0 Å². The van der Waals surface area contributed by atoms with Crippen molar-refractivity contribution in [1.29, 1.82) is 0 Å². The summed E-state index contributed by atoms with van der Waals surface area (Å²) in [5.41, 5.74) is 0.664. The second kappa shape index (κ2) is 10.0. The molecule has 2 aromatic carbocycles. The van der Waals surface area contributed by atoms with Crippen molar-refractivity contribution in [2.24, 2.45) is 5.92 Å². The summed E-state index contributed by atoms with van der Waals surface area (Å²) in [5.74, 6) is -15.3. The molecule has 30 heavy (non-hydrogen) atoms. The zero-order valence-corrected chi connectivity index (χ0v) is 16.0. The van der Waals surface area contributed by atoms with E-state index in [-0.39, 0.29) is 6.61 Å². The molecule has 0 aliphatic rings. The van der Waals surface area contributed by atoms with E-state index in [4.69, 9.17) is 4.74 Å². The van der Waals surface area contributed by atoms with Crippen molar-refractivity contribution < 1.29 is 41.0 Å². The Hall–Kier alpha value is -3.17. The molecule has 0 bridgehead atoms. The summed E-state index contributed by atoms with van der Waals surface area (Å²) in [6.07, 6.45) is -0.714. The highest BCUT2D eigenvalue weighted by Crippen LogP contribution is 2.29. The number of hydrogen-bond acceptors (Lipinski definition) is 4. The number of carbonyl (C=O) groups excluding carboxylic acids is 2. The van der Waals surface area contributed by atoms with E-state index < -0.39 is 58.9 Å². The fourth-order valence-corrected chi connectivity index (χ4v) is 2.40. The lowest BCUT2D eigenvalue weighted by Crippen LogP contribution is -2.47. The van der Waals surface area contributed by atoms with Crippen molar-refractivity contribution >= 4 is 12.1 Å².